The molecular formula is C14H25N3O3. The Labute approximate surface area is 120 Å². The van der Waals surface area contributed by atoms with Crippen LogP contribution in [0.15, 0.2) is 4.52 Å². The van der Waals surface area contributed by atoms with Gasteiger partial charge in [0, 0.05) is 32.7 Å². The van der Waals surface area contributed by atoms with Gasteiger partial charge in [-0.1, -0.05) is 18.5 Å². The van der Waals surface area contributed by atoms with Gasteiger partial charge in [-0.3, -0.25) is 0 Å². The van der Waals surface area contributed by atoms with Gasteiger partial charge in [0.1, 0.15) is 5.60 Å². The second-order valence-electron chi connectivity index (χ2n) is 5.63. The van der Waals surface area contributed by atoms with Gasteiger partial charge in [0.15, 0.2) is 0 Å². The minimum atomic E-state index is -0.585. The molecule has 2 rings (SSSR count). The zero-order valence-corrected chi connectivity index (χ0v) is 12.6. The standard InChI is InChI=1S/C14H25N3O3/c1-4-6-13(3,15)12-16-11(17-20-12)14(19-5-2)7-9-18-10-8-14/h4-10,15H2,1-3H3. The van der Waals surface area contributed by atoms with Crippen molar-refractivity contribution in [1.82, 2.24) is 10.1 Å². The van der Waals surface area contributed by atoms with Crippen molar-refractivity contribution >= 4 is 0 Å². The van der Waals surface area contributed by atoms with E-state index in [0.717, 1.165) is 25.7 Å². The van der Waals surface area contributed by atoms with Crippen molar-refractivity contribution in [1.29, 1.82) is 0 Å². The summed E-state index contributed by atoms with van der Waals surface area (Å²) in [6, 6.07) is 0. The highest BCUT2D eigenvalue weighted by molar-refractivity contribution is 5.07. The van der Waals surface area contributed by atoms with E-state index >= 15 is 0 Å². The van der Waals surface area contributed by atoms with Gasteiger partial charge in [0.2, 0.25) is 11.7 Å². The topological polar surface area (TPSA) is 83.4 Å². The molecule has 0 aromatic carbocycles. The fraction of sp³-hybridized carbons (Fsp3) is 0.857. The third-order valence-electron chi connectivity index (χ3n) is 3.81. The number of ether oxygens (including phenoxy) is 2. The molecule has 0 amide bonds. The maximum atomic E-state index is 6.25. The molecule has 1 saturated heterocycles. The van der Waals surface area contributed by atoms with E-state index in [0.29, 0.717) is 31.5 Å². The summed E-state index contributed by atoms with van der Waals surface area (Å²) < 4.78 is 16.8. The normalized spacial score (nSPS) is 21.6. The Morgan fingerprint density at radius 3 is 2.65 bits per heavy atom. The highest BCUT2D eigenvalue weighted by atomic mass is 16.5. The van der Waals surface area contributed by atoms with Gasteiger partial charge in [-0.15, -0.1) is 0 Å². The van der Waals surface area contributed by atoms with Crippen LogP contribution in [0.3, 0.4) is 0 Å². The van der Waals surface area contributed by atoms with Crippen molar-refractivity contribution in [3.8, 4) is 0 Å². The molecule has 114 valence electrons. The summed E-state index contributed by atoms with van der Waals surface area (Å²) >= 11 is 0. The van der Waals surface area contributed by atoms with E-state index in [-0.39, 0.29) is 0 Å². The van der Waals surface area contributed by atoms with Crippen LogP contribution in [0.1, 0.15) is 58.2 Å². The molecule has 1 aromatic heterocycles. The van der Waals surface area contributed by atoms with Crippen molar-refractivity contribution in [2.45, 2.75) is 57.6 Å². The Bertz CT molecular complexity index is 420. The number of aromatic nitrogens is 2. The maximum absolute atomic E-state index is 6.25. The molecule has 1 aliphatic rings. The molecule has 1 atom stereocenters. The van der Waals surface area contributed by atoms with Gasteiger partial charge in [-0.25, -0.2) is 0 Å². The Morgan fingerprint density at radius 2 is 2.05 bits per heavy atom. The first-order valence-electron chi connectivity index (χ1n) is 7.39. The lowest BCUT2D eigenvalue weighted by Gasteiger charge is -2.33. The van der Waals surface area contributed by atoms with Crippen LogP contribution in [0.5, 0.6) is 0 Å². The summed E-state index contributed by atoms with van der Waals surface area (Å²) in [5, 5.41) is 4.13. The molecule has 0 bridgehead atoms. The fourth-order valence-electron chi connectivity index (χ4n) is 2.68. The average molecular weight is 283 g/mol. The van der Waals surface area contributed by atoms with Gasteiger partial charge >= 0.3 is 0 Å². The summed E-state index contributed by atoms with van der Waals surface area (Å²) in [5.74, 6) is 1.09. The number of nitrogens with two attached hydrogens (primary N) is 1. The molecule has 0 aliphatic carbocycles. The predicted octanol–water partition coefficient (Wildman–Crippen LogP) is 2.09. The molecule has 1 aromatic rings. The van der Waals surface area contributed by atoms with E-state index in [1.54, 1.807) is 0 Å². The first kappa shape index (κ1) is 15.4. The van der Waals surface area contributed by atoms with Crippen LogP contribution in [-0.4, -0.2) is 30.0 Å². The SMILES string of the molecule is CCCC(C)(N)c1nc(C2(OCC)CCOCC2)no1. The number of nitrogens with zero attached hydrogens (tertiary/aromatic N) is 2. The van der Waals surface area contributed by atoms with E-state index in [4.69, 9.17) is 19.7 Å². The van der Waals surface area contributed by atoms with Crippen LogP contribution in [-0.2, 0) is 20.6 Å². The molecule has 2 N–H and O–H groups in total. The van der Waals surface area contributed by atoms with E-state index in [9.17, 15) is 0 Å². The minimum Gasteiger partial charge on any atom is -0.381 e. The lowest BCUT2D eigenvalue weighted by Crippen LogP contribution is -2.38. The Morgan fingerprint density at radius 1 is 1.35 bits per heavy atom. The van der Waals surface area contributed by atoms with Crippen molar-refractivity contribution in [3.05, 3.63) is 11.7 Å². The van der Waals surface area contributed by atoms with E-state index in [1.165, 1.54) is 0 Å². The molecule has 1 aliphatic heterocycles. The zero-order valence-electron chi connectivity index (χ0n) is 12.6. The molecule has 1 unspecified atom stereocenters. The monoisotopic (exact) mass is 283 g/mol. The summed E-state index contributed by atoms with van der Waals surface area (Å²) in [5.41, 5.74) is 5.17. The van der Waals surface area contributed by atoms with Gasteiger partial charge in [-0.2, -0.15) is 4.98 Å². The minimum absolute atomic E-state index is 0.486. The average Bonchev–Trinajstić information content (AvgIpc) is 2.91. The lowest BCUT2D eigenvalue weighted by molar-refractivity contribution is -0.118. The van der Waals surface area contributed by atoms with Gasteiger partial charge in [0.05, 0.1) is 5.54 Å². The number of rotatable bonds is 6. The molecule has 0 radical (unpaired) electrons. The smallest absolute Gasteiger partial charge is 0.246 e. The van der Waals surface area contributed by atoms with E-state index < -0.39 is 11.1 Å². The van der Waals surface area contributed by atoms with Crippen molar-refractivity contribution in [2.75, 3.05) is 19.8 Å². The molecule has 0 spiro atoms. The molecule has 2 heterocycles. The summed E-state index contributed by atoms with van der Waals surface area (Å²) in [4.78, 5) is 4.53. The Balaban J connectivity index is 2.25. The van der Waals surface area contributed by atoms with E-state index in [1.807, 2.05) is 13.8 Å². The van der Waals surface area contributed by atoms with Gasteiger partial charge in [-0.05, 0) is 20.3 Å². The van der Waals surface area contributed by atoms with Crippen molar-refractivity contribution in [3.63, 3.8) is 0 Å². The molecule has 0 saturated carbocycles. The molecule has 6 nitrogen and oxygen atoms in total. The number of hydrogen-bond donors (Lipinski definition) is 1. The van der Waals surface area contributed by atoms with Crippen molar-refractivity contribution < 1.29 is 14.0 Å². The Kier molecular flexibility index (Phi) is 4.78. The molecule has 20 heavy (non-hydrogen) atoms. The predicted molar refractivity (Wildman–Crippen MR) is 74.1 cm³/mol. The summed E-state index contributed by atoms with van der Waals surface area (Å²) in [6.45, 7) is 7.90. The van der Waals surface area contributed by atoms with Crippen LogP contribution in [0.25, 0.3) is 0 Å². The fourth-order valence-corrected chi connectivity index (χ4v) is 2.68. The first-order valence-corrected chi connectivity index (χ1v) is 7.39. The number of hydrogen-bond acceptors (Lipinski definition) is 6. The van der Waals surface area contributed by atoms with Crippen LogP contribution in [0, 0.1) is 0 Å². The van der Waals surface area contributed by atoms with Crippen molar-refractivity contribution in [2.24, 2.45) is 5.73 Å². The third-order valence-corrected chi connectivity index (χ3v) is 3.81. The maximum Gasteiger partial charge on any atom is 0.246 e. The first-order chi connectivity index (χ1) is 9.54. The van der Waals surface area contributed by atoms with Gasteiger partial charge in [0.25, 0.3) is 0 Å². The Hall–Kier alpha value is -0.980. The second kappa shape index (κ2) is 6.20. The van der Waals surface area contributed by atoms with Crippen LogP contribution in [0.2, 0.25) is 0 Å². The van der Waals surface area contributed by atoms with Crippen LogP contribution < -0.4 is 5.73 Å². The largest absolute Gasteiger partial charge is 0.381 e. The molecule has 6 heteroatoms. The highest BCUT2D eigenvalue weighted by Gasteiger charge is 2.41. The third kappa shape index (κ3) is 3.02. The van der Waals surface area contributed by atoms with Crippen LogP contribution >= 0.6 is 0 Å². The van der Waals surface area contributed by atoms with Gasteiger partial charge < -0.3 is 19.7 Å². The van der Waals surface area contributed by atoms with E-state index in [2.05, 4.69) is 17.1 Å². The second-order valence-corrected chi connectivity index (χ2v) is 5.63. The zero-order chi connectivity index (χ0) is 14.6. The lowest BCUT2D eigenvalue weighted by atomic mass is 9.92. The summed E-state index contributed by atoms with van der Waals surface area (Å²) in [7, 11) is 0. The summed E-state index contributed by atoms with van der Waals surface area (Å²) in [6.07, 6.45) is 3.26. The molecule has 1 fully saturated rings. The highest BCUT2D eigenvalue weighted by Crippen LogP contribution is 2.35. The molecular weight excluding hydrogens is 258 g/mol. The quantitative estimate of drug-likeness (QED) is 0.860. The van der Waals surface area contributed by atoms with Crippen LogP contribution in [0.4, 0.5) is 0 Å².